The minimum Gasteiger partial charge on any atom is -0.356 e. The number of piperidine rings is 1. The molecule has 0 aliphatic carbocycles. The molecule has 0 aromatic rings. The molecule has 0 bridgehead atoms. The predicted molar refractivity (Wildman–Crippen MR) is 80.4 cm³/mol. The largest absolute Gasteiger partial charge is 0.356 e. The van der Waals surface area contributed by atoms with Crippen LogP contribution >= 0.6 is 0 Å². The average molecular weight is 308 g/mol. The van der Waals surface area contributed by atoms with E-state index in [0.29, 0.717) is 19.4 Å². The topological polar surface area (TPSA) is 102 Å². The minimum absolute atomic E-state index is 0.0566. The van der Waals surface area contributed by atoms with Crippen LogP contribution in [-0.4, -0.2) is 47.8 Å². The summed E-state index contributed by atoms with van der Waals surface area (Å²) in [5.74, 6) is -0.642. The summed E-state index contributed by atoms with van der Waals surface area (Å²) in [6.07, 6.45) is 2.37. The Morgan fingerprint density at radius 3 is 2.77 bits per heavy atom. The zero-order chi connectivity index (χ0) is 16.8. The molecule has 122 valence electrons. The molecule has 1 rings (SSSR count). The summed E-state index contributed by atoms with van der Waals surface area (Å²) in [5, 5.41) is 14.6. The third-order valence-corrected chi connectivity index (χ3v) is 3.70. The summed E-state index contributed by atoms with van der Waals surface area (Å²) >= 11 is 0. The molecule has 22 heavy (non-hydrogen) atoms. The summed E-state index contributed by atoms with van der Waals surface area (Å²) in [6.45, 7) is 6.00. The van der Waals surface area contributed by atoms with Gasteiger partial charge in [0.05, 0.1) is 12.6 Å². The number of carbonyl (C=O) groups is 3. The van der Waals surface area contributed by atoms with Gasteiger partial charge in [-0.1, -0.05) is 0 Å². The van der Waals surface area contributed by atoms with Crippen molar-refractivity contribution in [2.75, 3.05) is 13.1 Å². The normalized spacial score (nSPS) is 19.5. The van der Waals surface area contributed by atoms with Crippen LogP contribution < -0.4 is 10.6 Å². The van der Waals surface area contributed by atoms with Gasteiger partial charge in [0.2, 0.25) is 18.2 Å². The zero-order valence-electron chi connectivity index (χ0n) is 13.4. The van der Waals surface area contributed by atoms with Gasteiger partial charge in [0.1, 0.15) is 6.04 Å². The highest BCUT2D eigenvalue weighted by molar-refractivity contribution is 5.82. The summed E-state index contributed by atoms with van der Waals surface area (Å²) in [5.41, 5.74) is -0.576. The monoisotopic (exact) mass is 308 g/mol. The Kier molecular flexibility index (Phi) is 6.35. The van der Waals surface area contributed by atoms with E-state index in [2.05, 4.69) is 16.7 Å². The fraction of sp³-hybridized carbons (Fsp3) is 0.733. The molecule has 1 heterocycles. The average Bonchev–Trinajstić information content (AvgIpc) is 2.45. The van der Waals surface area contributed by atoms with Crippen molar-refractivity contribution in [2.45, 2.75) is 51.6 Å². The lowest BCUT2D eigenvalue weighted by Crippen LogP contribution is -2.55. The molecule has 0 aromatic heterocycles. The van der Waals surface area contributed by atoms with Crippen LogP contribution in [0.3, 0.4) is 0 Å². The fourth-order valence-corrected chi connectivity index (χ4v) is 2.78. The maximum Gasteiger partial charge on any atom is 0.243 e. The number of hydrogen-bond acceptors (Lipinski definition) is 4. The molecule has 1 fully saturated rings. The number of nitriles is 1. The molecule has 0 radical (unpaired) electrons. The highest BCUT2D eigenvalue weighted by atomic mass is 16.2. The van der Waals surface area contributed by atoms with Gasteiger partial charge in [0.25, 0.3) is 0 Å². The van der Waals surface area contributed by atoms with Gasteiger partial charge in [-0.2, -0.15) is 5.26 Å². The Hall–Kier alpha value is -2.10. The van der Waals surface area contributed by atoms with Crippen LogP contribution in [0.5, 0.6) is 0 Å². The van der Waals surface area contributed by atoms with Crippen LogP contribution in [0.25, 0.3) is 0 Å². The van der Waals surface area contributed by atoms with Gasteiger partial charge >= 0.3 is 0 Å². The molecule has 2 N–H and O–H groups in total. The van der Waals surface area contributed by atoms with E-state index in [0.717, 1.165) is 12.8 Å². The number of carbonyl (C=O) groups excluding carboxylic acids is 3. The first-order valence-electron chi connectivity index (χ1n) is 7.47. The number of nitrogens with one attached hydrogen (secondary N) is 2. The summed E-state index contributed by atoms with van der Waals surface area (Å²) in [7, 11) is 0. The van der Waals surface area contributed by atoms with Crippen LogP contribution in [0.1, 0.15) is 40.0 Å². The molecule has 1 aliphatic heterocycles. The van der Waals surface area contributed by atoms with Crippen molar-refractivity contribution in [3.63, 3.8) is 0 Å². The van der Waals surface area contributed by atoms with Gasteiger partial charge in [-0.05, 0) is 40.0 Å². The van der Waals surface area contributed by atoms with E-state index in [1.54, 1.807) is 0 Å². The molecule has 0 spiro atoms. The first-order valence-corrected chi connectivity index (χ1v) is 7.47. The van der Waals surface area contributed by atoms with Crippen LogP contribution in [0, 0.1) is 17.2 Å². The molecular weight excluding hydrogens is 284 g/mol. The molecular formula is C15H24N4O3. The predicted octanol–water partition coefficient (Wildman–Crippen LogP) is 0.168. The van der Waals surface area contributed by atoms with E-state index in [1.165, 1.54) is 4.90 Å². The number of hydrogen-bond donors (Lipinski definition) is 2. The Morgan fingerprint density at radius 1 is 1.59 bits per heavy atom. The Morgan fingerprint density at radius 2 is 2.27 bits per heavy atom. The lowest BCUT2D eigenvalue weighted by atomic mass is 9.89. The summed E-state index contributed by atoms with van der Waals surface area (Å²) in [4.78, 5) is 36.0. The maximum atomic E-state index is 12.3. The van der Waals surface area contributed by atoms with Gasteiger partial charge in [0.15, 0.2) is 0 Å². The summed E-state index contributed by atoms with van der Waals surface area (Å²) in [6, 6.07) is 1.44. The van der Waals surface area contributed by atoms with Crippen LogP contribution in [0.4, 0.5) is 0 Å². The number of rotatable bonds is 6. The van der Waals surface area contributed by atoms with E-state index < -0.39 is 11.6 Å². The van der Waals surface area contributed by atoms with Crippen LogP contribution in [0.15, 0.2) is 0 Å². The van der Waals surface area contributed by atoms with E-state index in [9.17, 15) is 19.6 Å². The quantitative estimate of drug-likeness (QED) is 0.683. The SMILES string of the molecule is CC(C)(C)N(C(=O)CNC=O)C(C#N)C[C@@H]1CCCNC1=O. The lowest BCUT2D eigenvalue weighted by molar-refractivity contribution is -0.139. The Balaban J connectivity index is 2.89. The molecule has 7 nitrogen and oxygen atoms in total. The van der Waals surface area contributed by atoms with E-state index in [1.807, 2.05) is 20.8 Å². The van der Waals surface area contributed by atoms with Crippen molar-refractivity contribution < 1.29 is 14.4 Å². The van der Waals surface area contributed by atoms with E-state index in [-0.39, 0.29) is 24.3 Å². The highest BCUT2D eigenvalue weighted by Crippen LogP contribution is 2.25. The van der Waals surface area contributed by atoms with Crippen molar-refractivity contribution in [3.8, 4) is 6.07 Å². The lowest BCUT2D eigenvalue weighted by Gasteiger charge is -2.40. The molecule has 0 saturated carbocycles. The Labute approximate surface area is 131 Å². The third kappa shape index (κ3) is 4.72. The molecule has 7 heteroatoms. The highest BCUT2D eigenvalue weighted by Gasteiger charge is 2.36. The number of amides is 3. The van der Waals surface area contributed by atoms with Crippen molar-refractivity contribution in [1.82, 2.24) is 15.5 Å². The van der Waals surface area contributed by atoms with Crippen LogP contribution in [0.2, 0.25) is 0 Å². The molecule has 1 unspecified atom stereocenters. The van der Waals surface area contributed by atoms with E-state index in [4.69, 9.17) is 0 Å². The minimum atomic E-state index is -0.699. The standard InChI is InChI=1S/C15H24N4O3/c1-15(2,3)19(13(21)9-17-10-20)12(8-16)7-11-5-4-6-18-14(11)22/h10-12H,4-7,9H2,1-3H3,(H,17,20)(H,18,22)/t11-,12?/m0/s1. The first kappa shape index (κ1) is 18.0. The molecule has 3 amide bonds. The fourth-order valence-electron chi connectivity index (χ4n) is 2.78. The molecule has 0 aromatic carbocycles. The van der Waals surface area contributed by atoms with E-state index >= 15 is 0 Å². The second-order valence-electron chi connectivity index (χ2n) is 6.44. The second kappa shape index (κ2) is 7.78. The first-order chi connectivity index (χ1) is 10.3. The van der Waals surface area contributed by atoms with Gasteiger partial charge in [0, 0.05) is 18.0 Å². The third-order valence-electron chi connectivity index (χ3n) is 3.70. The Bertz CT molecular complexity index is 464. The van der Waals surface area contributed by atoms with Gasteiger partial charge in [-0.15, -0.1) is 0 Å². The second-order valence-corrected chi connectivity index (χ2v) is 6.44. The van der Waals surface area contributed by atoms with Crippen molar-refractivity contribution in [1.29, 1.82) is 5.26 Å². The van der Waals surface area contributed by atoms with Crippen molar-refractivity contribution in [2.24, 2.45) is 5.92 Å². The van der Waals surface area contributed by atoms with Gasteiger partial charge in [-0.3, -0.25) is 14.4 Å². The van der Waals surface area contributed by atoms with Gasteiger partial charge < -0.3 is 15.5 Å². The number of nitrogens with zero attached hydrogens (tertiary/aromatic N) is 2. The van der Waals surface area contributed by atoms with Crippen molar-refractivity contribution >= 4 is 18.2 Å². The molecule has 1 aliphatic rings. The molecule has 1 saturated heterocycles. The molecule has 2 atom stereocenters. The van der Waals surface area contributed by atoms with Gasteiger partial charge in [-0.25, -0.2) is 0 Å². The maximum absolute atomic E-state index is 12.3. The zero-order valence-corrected chi connectivity index (χ0v) is 13.4. The van der Waals surface area contributed by atoms with Crippen LogP contribution in [-0.2, 0) is 14.4 Å². The smallest absolute Gasteiger partial charge is 0.243 e. The summed E-state index contributed by atoms with van der Waals surface area (Å²) < 4.78 is 0. The van der Waals surface area contributed by atoms with Crippen molar-refractivity contribution in [3.05, 3.63) is 0 Å².